The number of rotatable bonds is 6. The third-order valence-corrected chi connectivity index (χ3v) is 8.92. The van der Waals surface area contributed by atoms with Crippen molar-refractivity contribution < 1.29 is 31.5 Å². The number of amides is 1. The summed E-state index contributed by atoms with van der Waals surface area (Å²) in [7, 11) is -3.54. The van der Waals surface area contributed by atoms with Gasteiger partial charge >= 0.3 is 6.09 Å². The Hall–Kier alpha value is -2.57. The van der Waals surface area contributed by atoms with Gasteiger partial charge in [0, 0.05) is 31.2 Å². The molecule has 3 atom stereocenters. The third kappa shape index (κ3) is 5.72. The molecule has 0 saturated carbocycles. The summed E-state index contributed by atoms with van der Waals surface area (Å²) in [6, 6.07) is 2.28. The van der Waals surface area contributed by atoms with E-state index in [2.05, 4.69) is 15.2 Å². The molecular weight excluding hydrogens is 518 g/mol. The number of imidazole rings is 1. The monoisotopic (exact) mass is 554 g/mol. The summed E-state index contributed by atoms with van der Waals surface area (Å²) >= 11 is 0. The Morgan fingerprint density at radius 1 is 1.26 bits per heavy atom. The number of carbonyl (C=O) groups is 1. The van der Waals surface area contributed by atoms with E-state index in [1.165, 1.54) is 0 Å². The molecule has 0 spiro atoms. The number of hydrogen-bond acceptors (Lipinski definition) is 7. The first-order chi connectivity index (χ1) is 17.7. The van der Waals surface area contributed by atoms with Crippen LogP contribution < -0.4 is 5.32 Å². The maximum atomic E-state index is 14.7. The highest BCUT2D eigenvalue weighted by molar-refractivity contribution is 7.91. The van der Waals surface area contributed by atoms with Crippen LogP contribution in [0.2, 0.25) is 0 Å². The zero-order chi connectivity index (χ0) is 28.0. The molecular formula is C26H36F2N4O5S. The molecule has 2 aliphatic heterocycles. The highest BCUT2D eigenvalue weighted by Crippen LogP contribution is 2.36. The molecule has 1 aromatic heterocycles. The van der Waals surface area contributed by atoms with E-state index in [1.54, 1.807) is 39.2 Å². The topological polar surface area (TPSA) is 103 Å². The fourth-order valence-corrected chi connectivity index (χ4v) is 6.18. The number of hydrogen-bond donors (Lipinski definition) is 1. The lowest BCUT2D eigenvalue weighted by Crippen LogP contribution is -2.52. The molecule has 9 nitrogen and oxygen atoms in total. The molecule has 2 aliphatic rings. The second-order valence-electron chi connectivity index (χ2n) is 11.1. The van der Waals surface area contributed by atoms with Gasteiger partial charge in [0.05, 0.1) is 29.3 Å². The van der Waals surface area contributed by atoms with E-state index < -0.39 is 50.6 Å². The quantitative estimate of drug-likeness (QED) is 0.574. The Balaban J connectivity index is 1.57. The van der Waals surface area contributed by atoms with Gasteiger partial charge in [-0.05, 0) is 66.2 Å². The number of nitrogens with one attached hydrogen (secondary N) is 1. The lowest BCUT2D eigenvalue weighted by atomic mass is 9.92. The maximum Gasteiger partial charge on any atom is 0.407 e. The standard InChI is InChI=1S/C26H36F2N4O5S/c1-7-32-22-13-31(12-21(22)29-24(32)38(34,35)15(2)3)17-11-20(30-25(33)37-26(4,5)6)23(36-14-17)18-10-16(27)8-9-19(18)28/h8-10,15,17,20,23H,7,11-14H2,1-6H3,(H,30,33)/t17-,20+,23-/m1/s1. The lowest BCUT2D eigenvalue weighted by molar-refractivity contribution is -0.0631. The third-order valence-electron chi connectivity index (χ3n) is 6.86. The van der Waals surface area contributed by atoms with Crippen molar-refractivity contribution >= 4 is 15.9 Å². The molecule has 38 heavy (non-hydrogen) atoms. The van der Waals surface area contributed by atoms with Gasteiger partial charge in [-0.1, -0.05) is 0 Å². The predicted molar refractivity (Wildman–Crippen MR) is 136 cm³/mol. The molecule has 210 valence electrons. The van der Waals surface area contributed by atoms with E-state index in [9.17, 15) is 22.0 Å². The molecule has 1 fully saturated rings. The molecule has 4 rings (SSSR count). The van der Waals surface area contributed by atoms with E-state index in [1.807, 2.05) is 6.92 Å². The molecule has 12 heteroatoms. The van der Waals surface area contributed by atoms with Crippen LogP contribution >= 0.6 is 0 Å². The number of benzene rings is 1. The highest BCUT2D eigenvalue weighted by atomic mass is 32.2. The van der Waals surface area contributed by atoms with Crippen molar-refractivity contribution in [2.75, 3.05) is 6.61 Å². The predicted octanol–water partition coefficient (Wildman–Crippen LogP) is 4.10. The minimum Gasteiger partial charge on any atom is -0.444 e. The van der Waals surface area contributed by atoms with Crippen LogP contribution in [0.25, 0.3) is 0 Å². The van der Waals surface area contributed by atoms with Crippen LogP contribution in [0.15, 0.2) is 23.4 Å². The van der Waals surface area contributed by atoms with Crippen molar-refractivity contribution in [3.8, 4) is 0 Å². The normalized spacial score (nSPS) is 22.5. The molecule has 0 unspecified atom stereocenters. The number of fused-ring (bicyclic) bond motifs is 1. The summed E-state index contributed by atoms with van der Waals surface area (Å²) in [5.74, 6) is -1.23. The van der Waals surface area contributed by atoms with Crippen molar-refractivity contribution in [2.24, 2.45) is 0 Å². The fourth-order valence-electron chi connectivity index (χ4n) is 4.97. The van der Waals surface area contributed by atoms with E-state index >= 15 is 0 Å². The number of sulfone groups is 1. The maximum absolute atomic E-state index is 14.7. The van der Waals surface area contributed by atoms with Crippen molar-refractivity contribution in [3.05, 3.63) is 46.8 Å². The van der Waals surface area contributed by atoms with Crippen LogP contribution in [0.5, 0.6) is 0 Å². The molecule has 1 amide bonds. The van der Waals surface area contributed by atoms with Gasteiger partial charge in [-0.25, -0.2) is 27.0 Å². The number of ether oxygens (including phenoxy) is 2. The number of nitrogens with zero attached hydrogens (tertiary/aromatic N) is 3. The largest absolute Gasteiger partial charge is 0.444 e. The van der Waals surface area contributed by atoms with E-state index in [4.69, 9.17) is 9.47 Å². The smallest absolute Gasteiger partial charge is 0.407 e. The Morgan fingerprint density at radius 2 is 1.97 bits per heavy atom. The molecule has 0 bridgehead atoms. The summed E-state index contributed by atoms with van der Waals surface area (Å²) in [6.45, 7) is 11.9. The molecule has 0 aliphatic carbocycles. The van der Waals surface area contributed by atoms with Crippen molar-refractivity contribution in [1.29, 1.82) is 0 Å². The molecule has 3 heterocycles. The van der Waals surface area contributed by atoms with Crippen molar-refractivity contribution in [3.63, 3.8) is 0 Å². The second kappa shape index (κ2) is 10.5. The average Bonchev–Trinajstić information content (AvgIpc) is 3.38. The molecule has 0 radical (unpaired) electrons. The Kier molecular flexibility index (Phi) is 7.89. The molecule has 1 N–H and O–H groups in total. The molecule has 1 saturated heterocycles. The Morgan fingerprint density at radius 3 is 2.61 bits per heavy atom. The summed E-state index contributed by atoms with van der Waals surface area (Å²) in [5, 5.41) is 2.30. The van der Waals surface area contributed by atoms with Crippen LogP contribution in [0, 0.1) is 11.6 Å². The number of aromatic nitrogens is 2. The average molecular weight is 555 g/mol. The van der Waals surface area contributed by atoms with Gasteiger partial charge in [-0.3, -0.25) is 4.90 Å². The first-order valence-corrected chi connectivity index (χ1v) is 14.4. The van der Waals surface area contributed by atoms with Crippen LogP contribution in [0.1, 0.15) is 71.0 Å². The van der Waals surface area contributed by atoms with Crippen LogP contribution in [0.3, 0.4) is 0 Å². The number of alkyl carbamates (subject to hydrolysis) is 1. The SMILES string of the molecule is CCn1c(S(=O)(=O)C(C)C)nc2c1CN([C@H]1CO[C@H](c3cc(F)ccc3F)[C@@H](NC(=O)OC(C)(C)C)C1)C2. The zero-order valence-electron chi connectivity index (χ0n) is 22.6. The minimum absolute atomic E-state index is 0.0249. The first kappa shape index (κ1) is 28.4. The van der Waals surface area contributed by atoms with Gasteiger partial charge < -0.3 is 19.4 Å². The van der Waals surface area contributed by atoms with Crippen LogP contribution in [-0.2, 0) is 38.9 Å². The Bertz CT molecular complexity index is 1310. The highest BCUT2D eigenvalue weighted by Gasteiger charge is 2.41. The van der Waals surface area contributed by atoms with Crippen LogP contribution in [-0.4, -0.2) is 58.5 Å². The molecule has 1 aromatic carbocycles. The number of halogens is 2. The zero-order valence-corrected chi connectivity index (χ0v) is 23.4. The van der Waals surface area contributed by atoms with Gasteiger partial charge in [-0.2, -0.15) is 0 Å². The van der Waals surface area contributed by atoms with Crippen molar-refractivity contribution in [1.82, 2.24) is 19.8 Å². The van der Waals surface area contributed by atoms with Gasteiger partial charge in [0.1, 0.15) is 23.3 Å². The summed E-state index contributed by atoms with van der Waals surface area (Å²) in [6.07, 6.45) is -1.21. The van der Waals surface area contributed by atoms with Crippen LogP contribution in [0.4, 0.5) is 13.6 Å². The van der Waals surface area contributed by atoms with Gasteiger partial charge in [0.2, 0.25) is 15.0 Å². The van der Waals surface area contributed by atoms with Gasteiger partial charge in [-0.15, -0.1) is 0 Å². The summed E-state index contributed by atoms with van der Waals surface area (Å²) in [4.78, 5) is 19.3. The second-order valence-corrected chi connectivity index (χ2v) is 13.5. The van der Waals surface area contributed by atoms with Gasteiger partial charge in [0.15, 0.2) is 0 Å². The summed E-state index contributed by atoms with van der Waals surface area (Å²) < 4.78 is 67.6. The first-order valence-electron chi connectivity index (χ1n) is 12.8. The van der Waals surface area contributed by atoms with E-state index in [0.717, 1.165) is 23.9 Å². The van der Waals surface area contributed by atoms with Gasteiger partial charge in [0.25, 0.3) is 0 Å². The molecule has 2 aromatic rings. The number of carbonyl (C=O) groups excluding carboxylic acids is 1. The lowest BCUT2D eigenvalue weighted by Gasteiger charge is -2.40. The van der Waals surface area contributed by atoms with E-state index in [0.29, 0.717) is 31.7 Å². The van der Waals surface area contributed by atoms with E-state index in [-0.39, 0.29) is 23.4 Å². The fraction of sp³-hybridized carbons (Fsp3) is 0.615. The van der Waals surface area contributed by atoms with Crippen molar-refractivity contribution in [2.45, 2.75) is 102 Å². The minimum atomic E-state index is -3.54. The Labute approximate surface area is 222 Å². The summed E-state index contributed by atoms with van der Waals surface area (Å²) in [5.41, 5.74) is 0.813.